The zero-order chi connectivity index (χ0) is 19.7. The van der Waals surface area contributed by atoms with Crippen LogP contribution < -0.4 is 22.1 Å². The molecule has 9 nitrogen and oxygen atoms in total. The molecule has 8 N–H and O–H groups in total. The first kappa shape index (κ1) is 21.7. The smallest absolute Gasteiger partial charge is 0.326 e. The highest BCUT2D eigenvalue weighted by Crippen LogP contribution is 2.11. The molecule has 3 atom stereocenters. The van der Waals surface area contributed by atoms with Gasteiger partial charge in [-0.15, -0.1) is 0 Å². The number of hydrogen-bond donors (Lipinski definition) is 7. The van der Waals surface area contributed by atoms with Gasteiger partial charge in [0.05, 0.1) is 6.04 Å². The third-order valence-corrected chi connectivity index (χ3v) is 3.99. The van der Waals surface area contributed by atoms with Crippen LogP contribution in [0.3, 0.4) is 0 Å². The fraction of sp³-hybridized carbons (Fsp3) is 0.438. The summed E-state index contributed by atoms with van der Waals surface area (Å²) < 4.78 is 0. The number of carboxylic acid groups (broad SMARTS) is 1. The van der Waals surface area contributed by atoms with Crippen LogP contribution >= 0.6 is 12.6 Å². The number of nitrogens with one attached hydrogen (secondary N) is 2. The average Bonchev–Trinajstić information content (AvgIpc) is 2.60. The second kappa shape index (κ2) is 10.6. The number of aliphatic carboxylic acids is 1. The van der Waals surface area contributed by atoms with E-state index >= 15 is 0 Å². The Morgan fingerprint density at radius 3 is 2.15 bits per heavy atom. The molecule has 26 heavy (non-hydrogen) atoms. The van der Waals surface area contributed by atoms with Gasteiger partial charge in [0.1, 0.15) is 17.8 Å². The predicted octanol–water partition coefficient (Wildman–Crippen LogP) is -1.41. The second-order valence-corrected chi connectivity index (χ2v) is 6.06. The molecule has 0 aliphatic carbocycles. The first-order chi connectivity index (χ1) is 12.3. The van der Waals surface area contributed by atoms with Crippen LogP contribution in [0.5, 0.6) is 5.75 Å². The van der Waals surface area contributed by atoms with E-state index in [4.69, 9.17) is 11.5 Å². The minimum atomic E-state index is -1.23. The van der Waals surface area contributed by atoms with Crippen molar-refractivity contribution in [2.24, 2.45) is 11.5 Å². The van der Waals surface area contributed by atoms with Crippen molar-refractivity contribution in [3.8, 4) is 5.75 Å². The topological polar surface area (TPSA) is 168 Å². The van der Waals surface area contributed by atoms with Crippen molar-refractivity contribution in [3.05, 3.63) is 29.8 Å². The highest BCUT2D eigenvalue weighted by atomic mass is 32.1. The van der Waals surface area contributed by atoms with Crippen molar-refractivity contribution < 1.29 is 24.6 Å². The van der Waals surface area contributed by atoms with Crippen LogP contribution in [0.2, 0.25) is 0 Å². The molecular weight excluding hydrogens is 360 g/mol. The highest BCUT2D eigenvalue weighted by molar-refractivity contribution is 7.80. The highest BCUT2D eigenvalue weighted by Gasteiger charge is 2.27. The van der Waals surface area contributed by atoms with Gasteiger partial charge < -0.3 is 32.3 Å². The number of aromatic hydroxyl groups is 1. The summed E-state index contributed by atoms with van der Waals surface area (Å²) in [5.74, 6) is -2.44. The number of phenolic OH excluding ortho intramolecular Hbond substituents is 1. The summed E-state index contributed by atoms with van der Waals surface area (Å²) in [6.07, 6.45) is 0.270. The predicted molar refractivity (Wildman–Crippen MR) is 98.8 cm³/mol. The number of rotatable bonds is 10. The number of hydrogen-bond acceptors (Lipinski definition) is 7. The fourth-order valence-electron chi connectivity index (χ4n) is 2.12. The monoisotopic (exact) mass is 384 g/mol. The van der Waals surface area contributed by atoms with Gasteiger partial charge in [0.25, 0.3) is 0 Å². The standard InChI is InChI=1S/C16H24N4O5S/c17-6-5-11(18)14(22)20-13(8-26)15(23)19-12(16(24)25)7-9-1-3-10(21)4-2-9/h1-4,11-13,21,26H,5-8,17-18H2,(H,19,23)(H,20,22)(H,24,25)/t11-,12-,13-/m0/s1. The van der Waals surface area contributed by atoms with Gasteiger partial charge in [-0.05, 0) is 30.7 Å². The lowest BCUT2D eigenvalue weighted by atomic mass is 10.1. The summed E-state index contributed by atoms with van der Waals surface area (Å²) in [5.41, 5.74) is 11.6. The molecule has 0 heterocycles. The van der Waals surface area contributed by atoms with E-state index in [1.807, 2.05) is 0 Å². The maximum absolute atomic E-state index is 12.3. The normalized spacial score (nSPS) is 14.1. The molecule has 0 unspecified atom stereocenters. The lowest BCUT2D eigenvalue weighted by molar-refractivity contribution is -0.142. The van der Waals surface area contributed by atoms with Crippen molar-refractivity contribution in [1.82, 2.24) is 10.6 Å². The molecule has 0 fully saturated rings. The van der Waals surface area contributed by atoms with Crippen LogP contribution in [0.1, 0.15) is 12.0 Å². The van der Waals surface area contributed by atoms with E-state index in [0.717, 1.165) is 0 Å². The molecule has 1 aromatic carbocycles. The fourth-order valence-corrected chi connectivity index (χ4v) is 2.38. The van der Waals surface area contributed by atoms with Gasteiger partial charge in [-0.2, -0.15) is 12.6 Å². The Hall–Kier alpha value is -2.30. The number of amides is 2. The van der Waals surface area contributed by atoms with E-state index in [9.17, 15) is 24.6 Å². The Labute approximate surface area is 156 Å². The summed E-state index contributed by atoms with van der Waals surface area (Å²) in [4.78, 5) is 35.6. The van der Waals surface area contributed by atoms with Crippen LogP contribution in [-0.4, -0.2) is 58.4 Å². The van der Waals surface area contributed by atoms with E-state index in [2.05, 4.69) is 23.3 Å². The lowest BCUT2D eigenvalue weighted by Gasteiger charge is -2.21. The molecule has 1 aromatic rings. The number of carboxylic acids is 1. The third kappa shape index (κ3) is 6.90. The Balaban J connectivity index is 2.73. The van der Waals surface area contributed by atoms with Gasteiger partial charge in [0.15, 0.2) is 0 Å². The maximum Gasteiger partial charge on any atom is 0.326 e. The molecule has 2 amide bonds. The van der Waals surface area contributed by atoms with Gasteiger partial charge >= 0.3 is 5.97 Å². The van der Waals surface area contributed by atoms with E-state index in [1.54, 1.807) is 12.1 Å². The summed E-state index contributed by atoms with van der Waals surface area (Å²) >= 11 is 4.02. The molecule has 0 aliphatic rings. The van der Waals surface area contributed by atoms with Crippen molar-refractivity contribution in [2.75, 3.05) is 12.3 Å². The zero-order valence-corrected chi connectivity index (χ0v) is 15.0. The quantitative estimate of drug-likeness (QED) is 0.243. The van der Waals surface area contributed by atoms with Gasteiger partial charge in [-0.3, -0.25) is 9.59 Å². The number of benzene rings is 1. The van der Waals surface area contributed by atoms with Crippen molar-refractivity contribution in [3.63, 3.8) is 0 Å². The number of carbonyl (C=O) groups is 3. The van der Waals surface area contributed by atoms with Gasteiger partial charge in [0, 0.05) is 12.2 Å². The van der Waals surface area contributed by atoms with Gasteiger partial charge in [-0.25, -0.2) is 4.79 Å². The maximum atomic E-state index is 12.3. The van der Waals surface area contributed by atoms with Crippen molar-refractivity contribution >= 4 is 30.4 Å². The Bertz CT molecular complexity index is 626. The van der Waals surface area contributed by atoms with Crippen molar-refractivity contribution in [2.45, 2.75) is 31.0 Å². The number of thiol groups is 1. The van der Waals surface area contributed by atoms with Gasteiger partial charge in [0.2, 0.25) is 11.8 Å². The van der Waals surface area contributed by atoms with E-state index in [1.165, 1.54) is 12.1 Å². The van der Waals surface area contributed by atoms with Crippen LogP contribution in [0, 0.1) is 0 Å². The van der Waals surface area contributed by atoms with Crippen LogP contribution in [0.4, 0.5) is 0 Å². The number of carbonyl (C=O) groups excluding carboxylic acids is 2. The minimum Gasteiger partial charge on any atom is -0.508 e. The minimum absolute atomic E-state index is 0.0152. The molecule has 0 saturated carbocycles. The van der Waals surface area contributed by atoms with Crippen LogP contribution in [0.25, 0.3) is 0 Å². The zero-order valence-electron chi connectivity index (χ0n) is 14.1. The van der Waals surface area contributed by atoms with E-state index in [-0.39, 0.29) is 30.9 Å². The largest absolute Gasteiger partial charge is 0.508 e. The molecule has 10 heteroatoms. The molecular formula is C16H24N4O5S. The van der Waals surface area contributed by atoms with Crippen LogP contribution in [-0.2, 0) is 20.8 Å². The summed E-state index contributed by atoms with van der Waals surface area (Å²) in [6, 6.07) is 2.86. The molecule has 0 saturated heterocycles. The Kier molecular flexibility index (Phi) is 8.90. The molecule has 1 rings (SSSR count). The van der Waals surface area contributed by atoms with Crippen LogP contribution in [0.15, 0.2) is 24.3 Å². The van der Waals surface area contributed by atoms with Gasteiger partial charge in [-0.1, -0.05) is 12.1 Å². The summed E-state index contributed by atoms with van der Waals surface area (Å²) in [6.45, 7) is 0.222. The van der Waals surface area contributed by atoms with E-state index in [0.29, 0.717) is 5.56 Å². The summed E-state index contributed by atoms with van der Waals surface area (Å²) in [5, 5.41) is 23.4. The molecule has 144 valence electrons. The first-order valence-corrected chi connectivity index (χ1v) is 8.59. The number of nitrogens with two attached hydrogens (primary N) is 2. The molecule has 0 bridgehead atoms. The average molecular weight is 384 g/mol. The molecule has 0 radical (unpaired) electrons. The Morgan fingerprint density at radius 2 is 1.65 bits per heavy atom. The molecule has 0 spiro atoms. The second-order valence-electron chi connectivity index (χ2n) is 5.70. The molecule has 0 aromatic heterocycles. The van der Waals surface area contributed by atoms with Crippen molar-refractivity contribution in [1.29, 1.82) is 0 Å². The summed E-state index contributed by atoms with van der Waals surface area (Å²) in [7, 11) is 0. The lowest BCUT2D eigenvalue weighted by Crippen LogP contribution is -2.55. The number of phenols is 1. The molecule has 0 aliphatic heterocycles. The Morgan fingerprint density at radius 1 is 1.08 bits per heavy atom. The van der Waals surface area contributed by atoms with E-state index < -0.39 is 35.9 Å². The SMILES string of the molecule is NCC[C@H](N)C(=O)N[C@@H](CS)C(=O)N[C@@H](Cc1ccc(O)cc1)C(=O)O. The third-order valence-electron chi connectivity index (χ3n) is 3.62. The first-order valence-electron chi connectivity index (χ1n) is 7.96.